The summed E-state index contributed by atoms with van der Waals surface area (Å²) < 4.78 is 60.4. The molecule has 1 amide bonds. The van der Waals surface area contributed by atoms with Crippen molar-refractivity contribution in [2.24, 2.45) is 0 Å². The minimum absolute atomic E-state index is 0.142. The molecule has 0 aliphatic heterocycles. The molecular weight excluding hydrogens is 527 g/mol. The molecule has 4 rings (SSSR count). The molecule has 1 heterocycles. The quantitative estimate of drug-likeness (QED) is 0.234. The average molecular weight is 556 g/mol. The summed E-state index contributed by atoms with van der Waals surface area (Å²) in [5.41, 5.74) is 0.918. The molecule has 0 atom stereocenters. The summed E-state index contributed by atoms with van der Waals surface area (Å²) in [4.78, 5) is 19.4. The summed E-state index contributed by atoms with van der Waals surface area (Å²) in [6, 6.07) is 16.8. The zero-order valence-electron chi connectivity index (χ0n) is 22.2. The molecule has 1 aromatic heterocycles. The Morgan fingerprint density at radius 2 is 1.60 bits per heavy atom. The third kappa shape index (κ3) is 6.90. The summed E-state index contributed by atoms with van der Waals surface area (Å²) in [5, 5.41) is 4.03. The molecule has 0 bridgehead atoms. The van der Waals surface area contributed by atoms with Crippen molar-refractivity contribution in [2.75, 3.05) is 34.4 Å². The monoisotopic (exact) mass is 555 g/mol. The molecule has 0 aliphatic rings. The van der Waals surface area contributed by atoms with Crippen LogP contribution >= 0.6 is 0 Å². The highest BCUT2D eigenvalue weighted by Crippen LogP contribution is 2.30. The smallest absolute Gasteiger partial charge is 0.416 e. The number of nitrogens with zero attached hydrogens (tertiary/aromatic N) is 3. The fraction of sp³-hybridized carbons (Fsp3) is 0.276. The molecule has 0 spiro atoms. The Morgan fingerprint density at radius 3 is 2.27 bits per heavy atom. The van der Waals surface area contributed by atoms with Crippen LogP contribution in [0.4, 0.5) is 13.2 Å². The first-order chi connectivity index (χ1) is 19.2. The molecule has 40 heavy (non-hydrogen) atoms. The second-order valence-corrected chi connectivity index (χ2v) is 8.80. The van der Waals surface area contributed by atoms with Crippen molar-refractivity contribution in [3.63, 3.8) is 0 Å². The molecule has 0 N–H and O–H groups in total. The summed E-state index contributed by atoms with van der Waals surface area (Å²) in [7, 11) is 4.64. The van der Waals surface area contributed by atoms with Crippen molar-refractivity contribution in [1.29, 1.82) is 0 Å². The van der Waals surface area contributed by atoms with Gasteiger partial charge >= 0.3 is 6.18 Å². The lowest BCUT2D eigenvalue weighted by atomic mass is 10.1. The number of alkyl halides is 3. The number of aromatic nitrogens is 2. The molecule has 0 unspecified atom stereocenters. The Kier molecular flexibility index (Phi) is 8.93. The number of methoxy groups -OCH3 is 3. The van der Waals surface area contributed by atoms with Crippen LogP contribution in [-0.4, -0.2) is 55.4 Å². The molecule has 0 saturated heterocycles. The average Bonchev–Trinajstić information content (AvgIpc) is 3.45. The Balaban J connectivity index is 1.52. The SMILES string of the molecule is COc1cccc(-c2noc(CCN(CCc3ccc(OC)c(OC)c3)C(=O)c3ccc(C(F)(F)F)cc3)n2)c1. The van der Waals surface area contributed by atoms with Crippen LogP contribution in [0.25, 0.3) is 11.4 Å². The molecule has 3 aromatic carbocycles. The number of amides is 1. The lowest BCUT2D eigenvalue weighted by molar-refractivity contribution is -0.137. The van der Waals surface area contributed by atoms with Crippen LogP contribution in [-0.2, 0) is 19.0 Å². The Hall–Kier alpha value is -4.54. The van der Waals surface area contributed by atoms with E-state index in [1.807, 2.05) is 24.3 Å². The van der Waals surface area contributed by atoms with E-state index in [9.17, 15) is 18.0 Å². The van der Waals surface area contributed by atoms with Gasteiger partial charge in [-0.2, -0.15) is 18.2 Å². The number of benzene rings is 3. The Labute approximate surface area is 229 Å². The first-order valence-corrected chi connectivity index (χ1v) is 12.4. The van der Waals surface area contributed by atoms with E-state index in [0.29, 0.717) is 40.9 Å². The molecule has 210 valence electrons. The number of carbonyl (C=O) groups is 1. The van der Waals surface area contributed by atoms with Gasteiger partial charge in [-0.1, -0.05) is 23.4 Å². The predicted octanol–water partition coefficient (Wildman–Crippen LogP) is 5.71. The van der Waals surface area contributed by atoms with Crippen LogP contribution in [0.3, 0.4) is 0 Å². The zero-order valence-corrected chi connectivity index (χ0v) is 22.2. The van der Waals surface area contributed by atoms with Crippen molar-refractivity contribution in [1.82, 2.24) is 15.0 Å². The normalized spacial score (nSPS) is 11.2. The topological polar surface area (TPSA) is 86.9 Å². The minimum atomic E-state index is -4.49. The van der Waals surface area contributed by atoms with E-state index in [-0.39, 0.29) is 25.1 Å². The highest BCUT2D eigenvalue weighted by atomic mass is 19.4. The number of ether oxygens (including phenoxy) is 3. The van der Waals surface area contributed by atoms with Gasteiger partial charge in [0.15, 0.2) is 11.5 Å². The summed E-state index contributed by atoms with van der Waals surface area (Å²) in [6.07, 6.45) is -3.78. The fourth-order valence-corrected chi connectivity index (χ4v) is 4.07. The van der Waals surface area contributed by atoms with Crippen LogP contribution < -0.4 is 14.2 Å². The van der Waals surface area contributed by atoms with E-state index >= 15 is 0 Å². The van der Waals surface area contributed by atoms with Gasteiger partial charge in [-0.05, 0) is 60.5 Å². The molecular formula is C29H28F3N3O5. The van der Waals surface area contributed by atoms with Gasteiger partial charge in [-0.25, -0.2) is 0 Å². The van der Waals surface area contributed by atoms with Crippen LogP contribution in [0.15, 0.2) is 71.3 Å². The number of carbonyl (C=O) groups excluding carboxylic acids is 1. The number of hydrogen-bond donors (Lipinski definition) is 0. The molecule has 0 saturated carbocycles. The van der Waals surface area contributed by atoms with Crippen molar-refractivity contribution in [3.05, 3.63) is 89.3 Å². The molecule has 8 nitrogen and oxygen atoms in total. The largest absolute Gasteiger partial charge is 0.497 e. The highest BCUT2D eigenvalue weighted by molar-refractivity contribution is 5.94. The van der Waals surface area contributed by atoms with Crippen molar-refractivity contribution < 1.29 is 36.7 Å². The summed E-state index contributed by atoms with van der Waals surface area (Å²) >= 11 is 0. The first-order valence-electron chi connectivity index (χ1n) is 12.4. The maximum absolute atomic E-state index is 13.4. The van der Waals surface area contributed by atoms with Crippen molar-refractivity contribution in [3.8, 4) is 28.6 Å². The van der Waals surface area contributed by atoms with E-state index in [2.05, 4.69) is 10.1 Å². The minimum Gasteiger partial charge on any atom is -0.497 e. The fourth-order valence-electron chi connectivity index (χ4n) is 4.07. The van der Waals surface area contributed by atoms with E-state index in [1.165, 1.54) is 19.2 Å². The molecule has 4 aromatic rings. The van der Waals surface area contributed by atoms with Crippen molar-refractivity contribution in [2.45, 2.75) is 19.0 Å². The Morgan fingerprint density at radius 1 is 0.875 bits per heavy atom. The van der Waals surface area contributed by atoms with Crippen LogP contribution in [0.5, 0.6) is 17.2 Å². The second-order valence-electron chi connectivity index (χ2n) is 8.80. The number of hydrogen-bond acceptors (Lipinski definition) is 7. The first kappa shape index (κ1) is 28.5. The number of rotatable bonds is 11. The van der Waals surface area contributed by atoms with Crippen LogP contribution in [0, 0.1) is 0 Å². The van der Waals surface area contributed by atoms with Gasteiger partial charge in [0.25, 0.3) is 5.91 Å². The predicted molar refractivity (Wildman–Crippen MR) is 141 cm³/mol. The Bertz CT molecular complexity index is 1440. The van der Waals surface area contributed by atoms with Gasteiger partial charge in [0.1, 0.15) is 5.75 Å². The number of halogens is 3. The summed E-state index contributed by atoms with van der Waals surface area (Å²) in [5.74, 6) is 2.05. The third-order valence-electron chi connectivity index (χ3n) is 6.26. The third-order valence-corrected chi connectivity index (χ3v) is 6.26. The van der Waals surface area contributed by atoms with Gasteiger partial charge in [0.05, 0.1) is 26.9 Å². The molecule has 0 fully saturated rings. The standard InChI is InChI=1S/C29H28F3N3O5/c1-37-23-6-4-5-21(18-23)27-33-26(40-34-27)14-16-35(15-13-19-7-12-24(38-2)25(17-19)39-3)28(36)20-8-10-22(11-9-20)29(30,31)32/h4-12,17-18H,13-16H2,1-3H3. The summed E-state index contributed by atoms with van der Waals surface area (Å²) in [6.45, 7) is 0.485. The molecule has 0 aliphatic carbocycles. The van der Waals surface area contributed by atoms with Crippen LogP contribution in [0.1, 0.15) is 27.4 Å². The van der Waals surface area contributed by atoms with Gasteiger partial charge in [0, 0.05) is 30.6 Å². The zero-order chi connectivity index (χ0) is 28.7. The maximum Gasteiger partial charge on any atom is 0.416 e. The van der Waals surface area contributed by atoms with Gasteiger partial charge < -0.3 is 23.6 Å². The lowest BCUT2D eigenvalue weighted by Gasteiger charge is -2.23. The maximum atomic E-state index is 13.4. The van der Waals surface area contributed by atoms with E-state index in [1.54, 1.807) is 37.3 Å². The van der Waals surface area contributed by atoms with Crippen LogP contribution in [0.2, 0.25) is 0 Å². The molecule has 0 radical (unpaired) electrons. The van der Waals surface area contributed by atoms with E-state index in [0.717, 1.165) is 17.7 Å². The van der Waals surface area contributed by atoms with E-state index < -0.39 is 17.6 Å². The van der Waals surface area contributed by atoms with Gasteiger partial charge in [-0.3, -0.25) is 4.79 Å². The van der Waals surface area contributed by atoms with E-state index in [4.69, 9.17) is 18.7 Å². The lowest BCUT2D eigenvalue weighted by Crippen LogP contribution is -2.35. The van der Waals surface area contributed by atoms with Gasteiger partial charge in [0.2, 0.25) is 11.7 Å². The second kappa shape index (κ2) is 12.5. The van der Waals surface area contributed by atoms with Gasteiger partial charge in [-0.15, -0.1) is 0 Å². The highest BCUT2D eigenvalue weighted by Gasteiger charge is 2.30. The van der Waals surface area contributed by atoms with Crippen molar-refractivity contribution >= 4 is 5.91 Å². The molecule has 11 heteroatoms.